The van der Waals surface area contributed by atoms with E-state index in [2.05, 4.69) is 27.4 Å². The van der Waals surface area contributed by atoms with Crippen LogP contribution in [0.15, 0.2) is 42.6 Å². The standard InChI is InChI=1S/C21H20N4OS/c26-19-21(8-4-9-21)15-5-3-10-22-18(15)25(19)14-11-13(12-14)23-20-24-16-6-1-2-7-17(16)27-20/h1-3,5-7,10,13-14H,4,8-9,11-12H2,(H,23,24)/t13-,14-. The van der Waals surface area contributed by atoms with Crippen LogP contribution in [-0.2, 0) is 10.2 Å². The van der Waals surface area contributed by atoms with Gasteiger partial charge in [0, 0.05) is 23.8 Å². The molecule has 0 saturated heterocycles. The number of carbonyl (C=O) groups excluding carboxylic acids is 1. The van der Waals surface area contributed by atoms with E-state index < -0.39 is 0 Å². The van der Waals surface area contributed by atoms with Crippen molar-refractivity contribution in [2.75, 3.05) is 10.2 Å². The molecule has 2 aromatic heterocycles. The van der Waals surface area contributed by atoms with Gasteiger partial charge in [-0.25, -0.2) is 9.97 Å². The molecule has 2 fully saturated rings. The van der Waals surface area contributed by atoms with Crippen LogP contribution in [0.4, 0.5) is 10.9 Å². The number of nitrogens with zero attached hydrogens (tertiary/aromatic N) is 3. The minimum Gasteiger partial charge on any atom is -0.359 e. The molecule has 0 unspecified atom stereocenters. The number of benzene rings is 1. The summed E-state index contributed by atoms with van der Waals surface area (Å²) in [6.07, 6.45) is 6.80. The number of hydrogen-bond donors (Lipinski definition) is 1. The van der Waals surface area contributed by atoms with Crippen LogP contribution in [0.3, 0.4) is 0 Å². The fourth-order valence-electron chi connectivity index (χ4n) is 4.78. The maximum atomic E-state index is 13.2. The smallest absolute Gasteiger partial charge is 0.239 e. The molecule has 1 N–H and O–H groups in total. The molecule has 27 heavy (non-hydrogen) atoms. The summed E-state index contributed by atoms with van der Waals surface area (Å²) in [6.45, 7) is 0. The molecule has 5 nitrogen and oxygen atoms in total. The van der Waals surface area contributed by atoms with E-state index in [4.69, 9.17) is 0 Å². The molecule has 2 saturated carbocycles. The SMILES string of the molecule is O=C1N([C@H]2C[C@H](Nc3nc4ccccc4s3)C2)c2ncccc2C12CCC2. The number of rotatable bonds is 3. The monoisotopic (exact) mass is 376 g/mol. The predicted octanol–water partition coefficient (Wildman–Crippen LogP) is 4.10. The summed E-state index contributed by atoms with van der Waals surface area (Å²) < 4.78 is 1.20. The van der Waals surface area contributed by atoms with Crippen molar-refractivity contribution in [2.24, 2.45) is 0 Å². The Hall–Kier alpha value is -2.47. The first-order valence-electron chi connectivity index (χ1n) is 9.66. The minimum absolute atomic E-state index is 0.248. The number of carbonyl (C=O) groups is 1. The van der Waals surface area contributed by atoms with E-state index in [9.17, 15) is 4.79 Å². The van der Waals surface area contributed by atoms with E-state index in [0.29, 0.717) is 6.04 Å². The highest BCUT2D eigenvalue weighted by Crippen LogP contribution is 2.54. The maximum absolute atomic E-state index is 13.2. The molecule has 0 radical (unpaired) electrons. The lowest BCUT2D eigenvalue weighted by Gasteiger charge is -2.43. The molecule has 0 bridgehead atoms. The number of fused-ring (bicyclic) bond motifs is 3. The van der Waals surface area contributed by atoms with Crippen LogP contribution in [0.1, 0.15) is 37.7 Å². The molecule has 1 amide bonds. The van der Waals surface area contributed by atoms with E-state index in [1.807, 2.05) is 35.4 Å². The Kier molecular flexibility index (Phi) is 3.18. The largest absolute Gasteiger partial charge is 0.359 e. The second-order valence-electron chi connectivity index (χ2n) is 7.94. The third-order valence-corrected chi connectivity index (χ3v) is 7.43. The zero-order chi connectivity index (χ0) is 18.0. The average molecular weight is 376 g/mol. The lowest BCUT2D eigenvalue weighted by molar-refractivity contribution is -0.126. The Morgan fingerprint density at radius 3 is 2.78 bits per heavy atom. The van der Waals surface area contributed by atoms with Crippen molar-refractivity contribution in [1.29, 1.82) is 0 Å². The fourth-order valence-corrected chi connectivity index (χ4v) is 5.72. The van der Waals surface area contributed by atoms with Gasteiger partial charge in [-0.05, 0) is 43.9 Å². The van der Waals surface area contributed by atoms with E-state index in [1.165, 1.54) is 4.70 Å². The van der Waals surface area contributed by atoms with Gasteiger partial charge in [0.25, 0.3) is 0 Å². The van der Waals surface area contributed by atoms with Gasteiger partial charge in [-0.15, -0.1) is 0 Å². The second-order valence-corrected chi connectivity index (χ2v) is 8.97. The summed E-state index contributed by atoms with van der Waals surface area (Å²) in [6, 6.07) is 12.9. The van der Waals surface area contributed by atoms with E-state index in [0.717, 1.165) is 54.1 Å². The third kappa shape index (κ3) is 2.13. The number of pyridine rings is 1. The minimum atomic E-state index is -0.269. The Morgan fingerprint density at radius 2 is 2.00 bits per heavy atom. The molecule has 1 spiro atoms. The van der Waals surface area contributed by atoms with Gasteiger partial charge >= 0.3 is 0 Å². The molecule has 2 aliphatic carbocycles. The highest BCUT2D eigenvalue weighted by atomic mass is 32.1. The van der Waals surface area contributed by atoms with E-state index in [-0.39, 0.29) is 17.4 Å². The Labute approximate surface area is 161 Å². The normalized spacial score (nSPS) is 25.3. The molecule has 6 rings (SSSR count). The van der Waals surface area contributed by atoms with Crippen LogP contribution < -0.4 is 10.2 Å². The van der Waals surface area contributed by atoms with Gasteiger partial charge in [0.15, 0.2) is 5.13 Å². The Balaban J connectivity index is 1.20. The first-order chi connectivity index (χ1) is 13.2. The number of anilines is 2. The fraction of sp³-hybridized carbons (Fsp3) is 0.381. The van der Waals surface area contributed by atoms with Crippen molar-refractivity contribution in [1.82, 2.24) is 9.97 Å². The van der Waals surface area contributed by atoms with Crippen LogP contribution in [0.25, 0.3) is 10.2 Å². The van der Waals surface area contributed by atoms with Gasteiger partial charge in [0.1, 0.15) is 5.82 Å². The Morgan fingerprint density at radius 1 is 1.15 bits per heavy atom. The number of hydrogen-bond acceptors (Lipinski definition) is 5. The van der Waals surface area contributed by atoms with Crippen molar-refractivity contribution >= 4 is 38.4 Å². The number of para-hydroxylation sites is 1. The predicted molar refractivity (Wildman–Crippen MR) is 107 cm³/mol. The van der Waals surface area contributed by atoms with Gasteiger partial charge in [0.05, 0.1) is 15.6 Å². The zero-order valence-electron chi connectivity index (χ0n) is 14.9. The lowest BCUT2D eigenvalue weighted by atomic mass is 9.65. The summed E-state index contributed by atoms with van der Waals surface area (Å²) in [4.78, 5) is 24.5. The third-order valence-electron chi connectivity index (χ3n) is 6.47. The number of amides is 1. The molecular weight excluding hydrogens is 356 g/mol. The molecule has 6 heteroatoms. The molecule has 1 aromatic carbocycles. The lowest BCUT2D eigenvalue weighted by Crippen LogP contribution is -2.55. The van der Waals surface area contributed by atoms with E-state index >= 15 is 0 Å². The van der Waals surface area contributed by atoms with Gasteiger partial charge in [-0.3, -0.25) is 9.69 Å². The zero-order valence-corrected chi connectivity index (χ0v) is 15.7. The number of thiazole rings is 1. The molecule has 136 valence electrons. The van der Waals surface area contributed by atoms with Crippen molar-refractivity contribution in [3.8, 4) is 0 Å². The maximum Gasteiger partial charge on any atom is 0.239 e. The van der Waals surface area contributed by atoms with Crippen LogP contribution in [0, 0.1) is 0 Å². The van der Waals surface area contributed by atoms with E-state index in [1.54, 1.807) is 11.3 Å². The average Bonchev–Trinajstić information content (AvgIpc) is 3.13. The summed E-state index contributed by atoms with van der Waals surface area (Å²) in [5, 5.41) is 4.53. The second kappa shape index (κ2) is 5.52. The number of nitrogens with one attached hydrogen (secondary N) is 1. The van der Waals surface area contributed by atoms with Crippen LogP contribution in [-0.4, -0.2) is 28.0 Å². The van der Waals surface area contributed by atoms with Crippen molar-refractivity contribution in [2.45, 2.75) is 49.6 Å². The first kappa shape index (κ1) is 15.6. The van der Waals surface area contributed by atoms with Crippen molar-refractivity contribution in [3.05, 3.63) is 48.2 Å². The van der Waals surface area contributed by atoms with Crippen molar-refractivity contribution < 1.29 is 4.79 Å². The van der Waals surface area contributed by atoms with Crippen LogP contribution in [0.5, 0.6) is 0 Å². The summed E-state index contributed by atoms with van der Waals surface area (Å²) >= 11 is 1.69. The quantitative estimate of drug-likeness (QED) is 0.748. The molecule has 0 atom stereocenters. The topological polar surface area (TPSA) is 58.1 Å². The van der Waals surface area contributed by atoms with Crippen LogP contribution in [0.2, 0.25) is 0 Å². The van der Waals surface area contributed by atoms with Gasteiger partial charge < -0.3 is 5.32 Å². The molecule has 3 heterocycles. The first-order valence-corrected chi connectivity index (χ1v) is 10.5. The highest BCUT2D eigenvalue weighted by molar-refractivity contribution is 7.22. The van der Waals surface area contributed by atoms with Crippen molar-refractivity contribution in [3.63, 3.8) is 0 Å². The Bertz CT molecular complexity index is 1020. The summed E-state index contributed by atoms with van der Waals surface area (Å²) in [7, 11) is 0. The van der Waals surface area contributed by atoms with Gasteiger partial charge in [-0.1, -0.05) is 36.0 Å². The number of aromatic nitrogens is 2. The summed E-state index contributed by atoms with van der Waals surface area (Å²) in [5.41, 5.74) is 1.93. The molecule has 1 aliphatic heterocycles. The molecule has 3 aliphatic rings. The highest BCUT2D eigenvalue weighted by Gasteiger charge is 2.57. The van der Waals surface area contributed by atoms with Gasteiger partial charge in [0.2, 0.25) is 5.91 Å². The summed E-state index contributed by atoms with van der Waals surface area (Å²) in [5.74, 6) is 1.19. The van der Waals surface area contributed by atoms with Crippen LogP contribution >= 0.6 is 11.3 Å². The molecule has 3 aromatic rings. The van der Waals surface area contributed by atoms with Gasteiger partial charge in [-0.2, -0.15) is 0 Å². The molecular formula is C21H20N4OS.